The number of nitrogens with one attached hydrogen (secondary N) is 1. The predicted molar refractivity (Wildman–Crippen MR) is 98.7 cm³/mol. The Bertz CT molecular complexity index is 431. The van der Waals surface area contributed by atoms with Gasteiger partial charge in [0.2, 0.25) is 0 Å². The summed E-state index contributed by atoms with van der Waals surface area (Å²) in [5.74, 6) is 0.950. The first-order chi connectivity index (χ1) is 9.70. The highest BCUT2D eigenvalue weighted by Crippen LogP contribution is 2.28. The summed E-state index contributed by atoms with van der Waals surface area (Å²) < 4.78 is 5.53. The van der Waals surface area contributed by atoms with E-state index in [1.807, 2.05) is 6.92 Å². The number of ether oxygens (including phenoxy) is 1. The Morgan fingerprint density at radius 1 is 1.23 bits per heavy atom. The number of hydrogen-bond donors (Lipinski definition) is 1. The van der Waals surface area contributed by atoms with Crippen molar-refractivity contribution in [2.24, 2.45) is 0 Å². The Kier molecular flexibility index (Phi) is 10.5. The van der Waals surface area contributed by atoms with Gasteiger partial charge in [0.15, 0.2) is 0 Å². The molecular formula is C17H28Cl2N2O. The van der Waals surface area contributed by atoms with Crippen LogP contribution in [0.2, 0.25) is 0 Å². The molecule has 1 fully saturated rings. The molecule has 0 aliphatic carbocycles. The van der Waals surface area contributed by atoms with Crippen molar-refractivity contribution in [3.8, 4) is 5.75 Å². The van der Waals surface area contributed by atoms with Gasteiger partial charge in [-0.25, -0.2) is 0 Å². The zero-order chi connectivity index (χ0) is 14.4. The quantitative estimate of drug-likeness (QED) is 0.792. The van der Waals surface area contributed by atoms with Gasteiger partial charge in [0.1, 0.15) is 5.75 Å². The summed E-state index contributed by atoms with van der Waals surface area (Å²) in [4.78, 5) is 2.56. The van der Waals surface area contributed by atoms with Crippen molar-refractivity contribution in [3.63, 3.8) is 0 Å². The lowest BCUT2D eigenvalue weighted by molar-refractivity contribution is 0.172. The van der Waals surface area contributed by atoms with Crippen LogP contribution in [-0.2, 0) is 0 Å². The average Bonchev–Trinajstić information content (AvgIpc) is 2.47. The first-order valence-electron chi connectivity index (χ1n) is 7.52. The van der Waals surface area contributed by atoms with E-state index in [2.05, 4.69) is 48.0 Å². The fourth-order valence-corrected chi connectivity index (χ4v) is 2.73. The van der Waals surface area contributed by atoms with Crippen LogP contribution in [0.5, 0.6) is 5.75 Å². The van der Waals surface area contributed by atoms with Crippen molar-refractivity contribution in [1.82, 2.24) is 10.2 Å². The summed E-state index contributed by atoms with van der Waals surface area (Å²) in [5.41, 5.74) is 2.60. The maximum Gasteiger partial charge on any atom is 0.119 e. The molecule has 1 aliphatic heterocycles. The van der Waals surface area contributed by atoms with Crippen LogP contribution in [0.4, 0.5) is 0 Å². The van der Waals surface area contributed by atoms with Gasteiger partial charge in [-0.2, -0.15) is 0 Å². The molecule has 0 bridgehead atoms. The highest BCUT2D eigenvalue weighted by Gasteiger charge is 2.22. The van der Waals surface area contributed by atoms with Crippen LogP contribution in [0.15, 0.2) is 36.4 Å². The van der Waals surface area contributed by atoms with E-state index in [0.717, 1.165) is 38.3 Å². The Hall–Kier alpha value is -0.740. The first kappa shape index (κ1) is 21.3. The van der Waals surface area contributed by atoms with Crippen LogP contribution in [0, 0.1) is 0 Å². The van der Waals surface area contributed by atoms with Crippen molar-refractivity contribution in [1.29, 1.82) is 0 Å². The minimum Gasteiger partial charge on any atom is -0.494 e. The lowest BCUT2D eigenvalue weighted by Gasteiger charge is -2.35. The van der Waals surface area contributed by atoms with Crippen molar-refractivity contribution in [2.45, 2.75) is 26.3 Å². The first-order valence-corrected chi connectivity index (χ1v) is 7.52. The molecule has 1 aromatic carbocycles. The van der Waals surface area contributed by atoms with E-state index >= 15 is 0 Å². The van der Waals surface area contributed by atoms with E-state index in [9.17, 15) is 0 Å². The Morgan fingerprint density at radius 2 is 1.82 bits per heavy atom. The van der Waals surface area contributed by atoms with Gasteiger partial charge < -0.3 is 10.1 Å². The molecule has 1 aromatic rings. The fourth-order valence-electron chi connectivity index (χ4n) is 2.73. The molecule has 1 N–H and O–H groups in total. The monoisotopic (exact) mass is 346 g/mol. The number of rotatable bonds is 6. The van der Waals surface area contributed by atoms with Crippen LogP contribution in [0.3, 0.4) is 0 Å². The Morgan fingerprint density at radius 3 is 2.32 bits per heavy atom. The molecule has 0 saturated carbocycles. The lowest BCUT2D eigenvalue weighted by Crippen LogP contribution is -2.45. The van der Waals surface area contributed by atoms with E-state index in [1.165, 1.54) is 11.1 Å². The van der Waals surface area contributed by atoms with Crippen molar-refractivity contribution >= 4 is 24.8 Å². The van der Waals surface area contributed by atoms with Crippen LogP contribution in [0.1, 0.15) is 31.9 Å². The van der Waals surface area contributed by atoms with Gasteiger partial charge in [-0.3, -0.25) is 4.90 Å². The van der Waals surface area contributed by atoms with E-state index in [-0.39, 0.29) is 24.8 Å². The van der Waals surface area contributed by atoms with Crippen molar-refractivity contribution in [3.05, 3.63) is 42.0 Å². The summed E-state index contributed by atoms with van der Waals surface area (Å²) in [6.07, 6.45) is 1.02. The molecule has 1 aliphatic rings. The third-order valence-corrected chi connectivity index (χ3v) is 3.71. The van der Waals surface area contributed by atoms with Crippen molar-refractivity contribution < 1.29 is 4.74 Å². The second-order valence-electron chi connectivity index (χ2n) is 5.47. The molecule has 0 amide bonds. The fraction of sp³-hybridized carbons (Fsp3) is 0.529. The number of halogens is 2. The second kappa shape index (κ2) is 10.9. The number of piperazine rings is 1. The van der Waals surface area contributed by atoms with Gasteiger partial charge in [-0.05, 0) is 38.0 Å². The van der Waals surface area contributed by atoms with Gasteiger partial charge in [-0.15, -0.1) is 31.4 Å². The zero-order valence-electron chi connectivity index (χ0n) is 13.5. The molecule has 5 heteroatoms. The van der Waals surface area contributed by atoms with Crippen molar-refractivity contribution in [2.75, 3.05) is 32.8 Å². The minimum atomic E-state index is 0. The maximum absolute atomic E-state index is 5.53. The number of hydrogen-bond acceptors (Lipinski definition) is 3. The number of nitrogens with zero attached hydrogens (tertiary/aromatic N) is 1. The van der Waals surface area contributed by atoms with Gasteiger partial charge in [0.25, 0.3) is 0 Å². The SMILES string of the molecule is C=C(C)C[C@@H](c1ccc(OCC)cc1)N1CCNCC1.Cl.Cl. The molecule has 22 heavy (non-hydrogen) atoms. The molecule has 0 unspecified atom stereocenters. The molecule has 0 radical (unpaired) electrons. The van der Waals surface area contributed by atoms with E-state index < -0.39 is 0 Å². The summed E-state index contributed by atoms with van der Waals surface area (Å²) in [6, 6.07) is 8.98. The van der Waals surface area contributed by atoms with Crippen LogP contribution < -0.4 is 10.1 Å². The molecule has 126 valence electrons. The largest absolute Gasteiger partial charge is 0.494 e. The minimum absolute atomic E-state index is 0. The maximum atomic E-state index is 5.53. The number of benzene rings is 1. The molecule has 3 nitrogen and oxygen atoms in total. The standard InChI is InChI=1S/C17H26N2O.2ClH/c1-4-20-16-7-5-15(6-8-16)17(13-14(2)3)19-11-9-18-10-12-19;;/h5-8,17-18H,2,4,9-13H2,1,3H3;2*1H/t17-;;/m0../s1. The van der Waals surface area contributed by atoms with E-state index in [4.69, 9.17) is 4.74 Å². The third-order valence-electron chi connectivity index (χ3n) is 3.71. The van der Waals surface area contributed by atoms with Gasteiger partial charge in [0, 0.05) is 32.2 Å². The molecule has 1 atom stereocenters. The third kappa shape index (κ3) is 6.17. The topological polar surface area (TPSA) is 24.5 Å². The average molecular weight is 347 g/mol. The van der Waals surface area contributed by atoms with Crippen LogP contribution >= 0.6 is 24.8 Å². The molecule has 1 saturated heterocycles. The molecular weight excluding hydrogens is 319 g/mol. The molecule has 0 aromatic heterocycles. The molecule has 2 rings (SSSR count). The molecule has 1 heterocycles. The summed E-state index contributed by atoms with van der Waals surface area (Å²) >= 11 is 0. The normalized spacial score (nSPS) is 16.1. The molecule has 0 spiro atoms. The highest BCUT2D eigenvalue weighted by molar-refractivity contribution is 5.85. The van der Waals surface area contributed by atoms with Gasteiger partial charge in [0.05, 0.1) is 6.61 Å². The summed E-state index contributed by atoms with van der Waals surface area (Å²) in [5, 5.41) is 3.42. The van der Waals surface area contributed by atoms with Crippen LogP contribution in [0.25, 0.3) is 0 Å². The van der Waals surface area contributed by atoms with Gasteiger partial charge in [-0.1, -0.05) is 17.7 Å². The van der Waals surface area contributed by atoms with Gasteiger partial charge >= 0.3 is 0 Å². The summed E-state index contributed by atoms with van der Waals surface area (Å²) in [7, 11) is 0. The Balaban J connectivity index is 0.00000220. The Labute approximate surface area is 146 Å². The highest BCUT2D eigenvalue weighted by atomic mass is 35.5. The summed E-state index contributed by atoms with van der Waals surface area (Å²) in [6.45, 7) is 13.3. The smallest absolute Gasteiger partial charge is 0.119 e. The predicted octanol–water partition coefficient (Wildman–Crippen LogP) is 3.84. The van der Waals surface area contributed by atoms with E-state index in [0.29, 0.717) is 12.6 Å². The zero-order valence-corrected chi connectivity index (χ0v) is 15.1. The lowest BCUT2D eigenvalue weighted by atomic mass is 9.98. The second-order valence-corrected chi connectivity index (χ2v) is 5.47. The van der Waals surface area contributed by atoms with E-state index in [1.54, 1.807) is 0 Å². The van der Waals surface area contributed by atoms with Crippen LogP contribution in [-0.4, -0.2) is 37.7 Å².